The maximum atomic E-state index is 12.1. The number of fused-ring (bicyclic) bond motifs is 1. The molecule has 27 heavy (non-hydrogen) atoms. The van der Waals surface area contributed by atoms with E-state index in [0.717, 1.165) is 38.5 Å². The molecular formula is C21H19N3O2S. The summed E-state index contributed by atoms with van der Waals surface area (Å²) < 4.78 is 7.44. The highest BCUT2D eigenvalue weighted by Crippen LogP contribution is 2.29. The van der Waals surface area contributed by atoms with Gasteiger partial charge in [0.1, 0.15) is 11.9 Å². The first-order chi connectivity index (χ1) is 13.0. The summed E-state index contributed by atoms with van der Waals surface area (Å²) in [4.78, 5) is 12.1. The Bertz CT molecular complexity index is 1190. The predicted molar refractivity (Wildman–Crippen MR) is 108 cm³/mol. The van der Waals surface area contributed by atoms with E-state index in [2.05, 4.69) is 29.3 Å². The first kappa shape index (κ1) is 17.5. The van der Waals surface area contributed by atoms with Crippen LogP contribution in [0.5, 0.6) is 0 Å². The molecule has 0 bridgehead atoms. The van der Waals surface area contributed by atoms with Crippen molar-refractivity contribution in [2.24, 2.45) is 0 Å². The summed E-state index contributed by atoms with van der Waals surface area (Å²) in [5.74, 6) is 0.606. The Balaban J connectivity index is 1.70. The van der Waals surface area contributed by atoms with Crippen molar-refractivity contribution in [3.8, 4) is 5.69 Å². The van der Waals surface area contributed by atoms with Crippen molar-refractivity contribution < 1.29 is 4.42 Å². The van der Waals surface area contributed by atoms with Gasteiger partial charge in [0.2, 0.25) is 0 Å². The Kier molecular flexibility index (Phi) is 4.58. The fourth-order valence-electron chi connectivity index (χ4n) is 3.11. The number of hydrogen-bond donors (Lipinski definition) is 0. The molecule has 0 unspecified atom stereocenters. The van der Waals surface area contributed by atoms with Gasteiger partial charge in [0.25, 0.3) is 0 Å². The van der Waals surface area contributed by atoms with Crippen LogP contribution in [0.2, 0.25) is 0 Å². The van der Waals surface area contributed by atoms with E-state index in [1.165, 1.54) is 0 Å². The van der Waals surface area contributed by atoms with Gasteiger partial charge >= 0.3 is 5.63 Å². The molecule has 0 aliphatic rings. The van der Waals surface area contributed by atoms with Crippen molar-refractivity contribution in [3.63, 3.8) is 0 Å². The molecule has 0 aliphatic carbocycles. The molecule has 0 amide bonds. The lowest BCUT2D eigenvalue weighted by Crippen LogP contribution is -2.02. The van der Waals surface area contributed by atoms with Crippen molar-refractivity contribution in [1.29, 1.82) is 0 Å². The quantitative estimate of drug-likeness (QED) is 0.384. The van der Waals surface area contributed by atoms with Crippen molar-refractivity contribution in [1.82, 2.24) is 14.8 Å². The van der Waals surface area contributed by atoms with Crippen LogP contribution in [0.15, 0.2) is 63.2 Å². The third kappa shape index (κ3) is 3.28. The maximum absolute atomic E-state index is 12.1. The summed E-state index contributed by atoms with van der Waals surface area (Å²) in [6.07, 6.45) is 1.72. The van der Waals surface area contributed by atoms with Crippen LogP contribution >= 0.6 is 11.8 Å². The topological polar surface area (TPSA) is 60.9 Å². The Hall–Kier alpha value is -2.86. The van der Waals surface area contributed by atoms with Gasteiger partial charge < -0.3 is 4.42 Å². The van der Waals surface area contributed by atoms with E-state index in [1.54, 1.807) is 24.2 Å². The molecule has 2 aromatic heterocycles. The molecule has 0 N–H and O–H groups in total. The van der Waals surface area contributed by atoms with Crippen LogP contribution in [-0.2, 0) is 5.75 Å². The van der Waals surface area contributed by atoms with E-state index in [1.807, 2.05) is 42.7 Å². The minimum atomic E-state index is -0.327. The van der Waals surface area contributed by atoms with E-state index in [0.29, 0.717) is 11.3 Å². The molecule has 0 spiro atoms. The average molecular weight is 377 g/mol. The summed E-state index contributed by atoms with van der Waals surface area (Å²) in [5.41, 5.74) is 5.58. The highest BCUT2D eigenvalue weighted by atomic mass is 32.2. The molecule has 4 rings (SSSR count). The number of rotatable bonds is 4. The Morgan fingerprint density at radius 1 is 1.07 bits per heavy atom. The molecule has 0 aliphatic heterocycles. The normalized spacial score (nSPS) is 11.2. The number of nitrogens with zero attached hydrogens (tertiary/aromatic N) is 3. The van der Waals surface area contributed by atoms with Gasteiger partial charge in [-0.2, -0.15) is 0 Å². The van der Waals surface area contributed by atoms with Crippen LogP contribution in [0.1, 0.15) is 22.3 Å². The van der Waals surface area contributed by atoms with Crippen LogP contribution in [-0.4, -0.2) is 14.8 Å². The summed E-state index contributed by atoms with van der Waals surface area (Å²) >= 11 is 1.55. The van der Waals surface area contributed by atoms with Gasteiger partial charge in [-0.25, -0.2) is 4.79 Å². The molecule has 0 saturated carbocycles. The van der Waals surface area contributed by atoms with Gasteiger partial charge in [-0.3, -0.25) is 4.57 Å². The molecule has 0 atom stereocenters. The van der Waals surface area contributed by atoms with Crippen LogP contribution in [0.25, 0.3) is 16.7 Å². The van der Waals surface area contributed by atoms with Gasteiger partial charge in [-0.1, -0.05) is 42.1 Å². The summed E-state index contributed by atoms with van der Waals surface area (Å²) in [6, 6.07) is 13.8. The Labute approximate surface area is 161 Å². The predicted octanol–water partition coefficient (Wildman–Crippen LogP) is 4.59. The molecule has 0 saturated heterocycles. The third-order valence-electron chi connectivity index (χ3n) is 4.77. The highest BCUT2D eigenvalue weighted by molar-refractivity contribution is 7.98. The smallest absolute Gasteiger partial charge is 0.336 e. The SMILES string of the molecule is Cc1ccccc1-n1cnnc1SCc1cc(=O)oc2c(C)c(C)ccc12. The van der Waals surface area contributed by atoms with Crippen molar-refractivity contribution >= 4 is 22.7 Å². The highest BCUT2D eigenvalue weighted by Gasteiger charge is 2.13. The molecular weight excluding hydrogens is 358 g/mol. The average Bonchev–Trinajstić information content (AvgIpc) is 3.12. The Morgan fingerprint density at radius 2 is 1.89 bits per heavy atom. The summed E-state index contributed by atoms with van der Waals surface area (Å²) in [6.45, 7) is 6.05. The van der Waals surface area contributed by atoms with Gasteiger partial charge in [0, 0.05) is 17.2 Å². The number of para-hydroxylation sites is 1. The minimum absolute atomic E-state index is 0.327. The van der Waals surface area contributed by atoms with E-state index in [4.69, 9.17) is 4.42 Å². The van der Waals surface area contributed by atoms with Crippen LogP contribution in [0.4, 0.5) is 0 Å². The lowest BCUT2D eigenvalue weighted by molar-refractivity contribution is 0.557. The van der Waals surface area contributed by atoms with Gasteiger partial charge in [-0.05, 0) is 49.1 Å². The first-order valence-corrected chi connectivity index (χ1v) is 9.65. The zero-order valence-corrected chi connectivity index (χ0v) is 16.2. The van der Waals surface area contributed by atoms with Crippen LogP contribution in [0, 0.1) is 20.8 Å². The Morgan fingerprint density at radius 3 is 2.70 bits per heavy atom. The largest absolute Gasteiger partial charge is 0.422 e. The molecule has 4 aromatic rings. The second-order valence-electron chi connectivity index (χ2n) is 6.53. The van der Waals surface area contributed by atoms with Crippen molar-refractivity contribution in [3.05, 3.63) is 81.5 Å². The lowest BCUT2D eigenvalue weighted by Gasteiger charge is -2.10. The van der Waals surface area contributed by atoms with E-state index in [-0.39, 0.29) is 5.63 Å². The van der Waals surface area contributed by atoms with Gasteiger partial charge in [0.05, 0.1) is 5.69 Å². The molecule has 6 heteroatoms. The zero-order chi connectivity index (χ0) is 19.0. The number of benzene rings is 2. The summed E-state index contributed by atoms with van der Waals surface area (Å²) in [7, 11) is 0. The molecule has 2 heterocycles. The second kappa shape index (κ2) is 7.04. The van der Waals surface area contributed by atoms with Gasteiger partial charge in [-0.15, -0.1) is 10.2 Å². The van der Waals surface area contributed by atoms with E-state index >= 15 is 0 Å². The van der Waals surface area contributed by atoms with E-state index < -0.39 is 0 Å². The molecule has 2 aromatic carbocycles. The molecule has 5 nitrogen and oxygen atoms in total. The molecule has 0 fully saturated rings. The first-order valence-electron chi connectivity index (χ1n) is 8.66. The third-order valence-corrected chi connectivity index (χ3v) is 5.76. The van der Waals surface area contributed by atoms with Gasteiger partial charge in [0.15, 0.2) is 5.16 Å². The minimum Gasteiger partial charge on any atom is -0.422 e. The second-order valence-corrected chi connectivity index (χ2v) is 7.48. The van der Waals surface area contributed by atoms with Crippen LogP contribution < -0.4 is 5.63 Å². The van der Waals surface area contributed by atoms with Crippen molar-refractivity contribution in [2.75, 3.05) is 0 Å². The van der Waals surface area contributed by atoms with Crippen LogP contribution in [0.3, 0.4) is 0 Å². The monoisotopic (exact) mass is 377 g/mol. The number of aromatic nitrogens is 3. The summed E-state index contributed by atoms with van der Waals surface area (Å²) in [5, 5.41) is 10.1. The fraction of sp³-hybridized carbons (Fsp3) is 0.190. The van der Waals surface area contributed by atoms with Crippen molar-refractivity contribution in [2.45, 2.75) is 31.7 Å². The molecule has 136 valence electrons. The standard InChI is InChI=1S/C21H19N3O2S/c1-13-8-9-17-16(10-19(25)26-20(17)15(13)3)11-27-21-23-22-12-24(21)18-7-5-4-6-14(18)2/h4-10,12H,11H2,1-3H3. The fourth-order valence-corrected chi connectivity index (χ4v) is 4.02. The number of hydrogen-bond acceptors (Lipinski definition) is 5. The number of aryl methyl sites for hydroxylation is 3. The number of thioether (sulfide) groups is 1. The zero-order valence-electron chi connectivity index (χ0n) is 15.4. The maximum Gasteiger partial charge on any atom is 0.336 e. The molecule has 0 radical (unpaired) electrons. The lowest BCUT2D eigenvalue weighted by atomic mass is 10.0. The van der Waals surface area contributed by atoms with E-state index in [9.17, 15) is 4.79 Å².